The molecule has 2 N–H and O–H groups in total. The van der Waals surface area contributed by atoms with Gasteiger partial charge in [0.05, 0.1) is 0 Å². The Kier molecular flexibility index (Phi) is 4.44. The molecule has 4 aliphatic rings. The molecule has 4 rings (SSSR count). The first-order valence-corrected chi connectivity index (χ1v) is 8.71. The Labute approximate surface area is 133 Å². The number of hydrogen-bond acceptors (Lipinski definition) is 3. The molecule has 4 aliphatic carbocycles. The van der Waals surface area contributed by atoms with Gasteiger partial charge in [-0.3, -0.25) is 9.59 Å². The summed E-state index contributed by atoms with van der Waals surface area (Å²) in [6.45, 7) is 1.47. The van der Waals surface area contributed by atoms with Crippen LogP contribution in [0.4, 0.5) is 0 Å². The molecule has 0 aliphatic heterocycles. The van der Waals surface area contributed by atoms with Gasteiger partial charge in [0, 0.05) is 12.1 Å². The molecule has 0 unspecified atom stereocenters. The monoisotopic (exact) mass is 307 g/mol. The van der Waals surface area contributed by atoms with Gasteiger partial charge in [0.2, 0.25) is 0 Å². The molecule has 4 saturated carbocycles. The van der Waals surface area contributed by atoms with E-state index in [1.54, 1.807) is 0 Å². The predicted octanol–water partition coefficient (Wildman–Crippen LogP) is 1.14. The van der Waals surface area contributed by atoms with Gasteiger partial charge in [-0.2, -0.15) is 0 Å². The van der Waals surface area contributed by atoms with Gasteiger partial charge in [0.1, 0.15) is 0 Å². The molecule has 4 bridgehead atoms. The van der Waals surface area contributed by atoms with Crippen LogP contribution in [0.15, 0.2) is 0 Å². The zero-order valence-corrected chi connectivity index (χ0v) is 13.9. The van der Waals surface area contributed by atoms with Crippen molar-refractivity contribution in [3.8, 4) is 0 Å². The number of amides is 2. The molecule has 0 aromatic carbocycles. The topological polar surface area (TPSA) is 61.4 Å². The number of carbonyl (C=O) groups excluding carboxylic acids is 2. The van der Waals surface area contributed by atoms with Crippen molar-refractivity contribution in [1.29, 1.82) is 0 Å². The third-order valence-electron chi connectivity index (χ3n) is 5.69. The number of rotatable bonds is 5. The van der Waals surface area contributed by atoms with Crippen LogP contribution in [0.25, 0.3) is 0 Å². The molecule has 0 atom stereocenters. The maximum absolute atomic E-state index is 12.2. The summed E-state index contributed by atoms with van der Waals surface area (Å²) in [5, 5.41) is 5.86. The van der Waals surface area contributed by atoms with Gasteiger partial charge in [0.15, 0.2) is 0 Å². The van der Waals surface area contributed by atoms with Crippen LogP contribution in [0.1, 0.15) is 44.9 Å². The summed E-state index contributed by atoms with van der Waals surface area (Å²) in [4.78, 5) is 26.3. The standard InChI is InChI=1S/C17H29N3O2/c1-20(2)5-3-4-18-15(21)16(22)19-17-9-12-6-13(10-17)8-14(7-12)11-17/h12-14H,3-11H2,1-2H3,(H,18,21)(H,19,22). The lowest BCUT2D eigenvalue weighted by molar-refractivity contribution is -0.142. The highest BCUT2D eigenvalue weighted by molar-refractivity contribution is 6.35. The number of hydrogen-bond donors (Lipinski definition) is 2. The largest absolute Gasteiger partial charge is 0.348 e. The summed E-state index contributed by atoms with van der Waals surface area (Å²) >= 11 is 0. The molecule has 0 spiro atoms. The summed E-state index contributed by atoms with van der Waals surface area (Å²) in [5.74, 6) is 1.43. The average Bonchev–Trinajstić information content (AvgIpc) is 2.41. The van der Waals surface area contributed by atoms with E-state index in [1.165, 1.54) is 19.3 Å². The second kappa shape index (κ2) is 6.19. The van der Waals surface area contributed by atoms with E-state index in [1.807, 2.05) is 14.1 Å². The fraction of sp³-hybridized carbons (Fsp3) is 0.882. The van der Waals surface area contributed by atoms with E-state index >= 15 is 0 Å². The first kappa shape index (κ1) is 15.8. The highest BCUT2D eigenvalue weighted by atomic mass is 16.2. The van der Waals surface area contributed by atoms with Gasteiger partial charge in [-0.15, -0.1) is 0 Å². The maximum Gasteiger partial charge on any atom is 0.309 e. The maximum atomic E-state index is 12.2. The van der Waals surface area contributed by atoms with Crippen LogP contribution in [-0.2, 0) is 9.59 Å². The van der Waals surface area contributed by atoms with Gasteiger partial charge in [-0.1, -0.05) is 0 Å². The Hall–Kier alpha value is -1.10. The van der Waals surface area contributed by atoms with E-state index in [9.17, 15) is 9.59 Å². The van der Waals surface area contributed by atoms with Crippen molar-refractivity contribution in [2.75, 3.05) is 27.2 Å². The van der Waals surface area contributed by atoms with Gasteiger partial charge in [-0.25, -0.2) is 0 Å². The van der Waals surface area contributed by atoms with Crippen molar-refractivity contribution in [1.82, 2.24) is 15.5 Å². The summed E-state index contributed by atoms with van der Waals surface area (Å²) in [6.07, 6.45) is 8.13. The van der Waals surface area contributed by atoms with Crippen LogP contribution in [0, 0.1) is 17.8 Å². The molecule has 5 heteroatoms. The minimum atomic E-state index is -0.463. The molecule has 0 aromatic heterocycles. The Morgan fingerprint density at radius 1 is 1.00 bits per heavy atom. The van der Waals surface area contributed by atoms with Gasteiger partial charge < -0.3 is 15.5 Å². The normalized spacial score (nSPS) is 35.7. The summed E-state index contributed by atoms with van der Waals surface area (Å²) in [5.41, 5.74) is -0.0766. The van der Waals surface area contributed by atoms with Gasteiger partial charge >= 0.3 is 11.8 Å². The lowest BCUT2D eigenvalue weighted by Gasteiger charge is -2.56. The summed E-state index contributed by atoms with van der Waals surface area (Å²) < 4.78 is 0. The van der Waals surface area contributed by atoms with Crippen molar-refractivity contribution in [3.63, 3.8) is 0 Å². The van der Waals surface area contributed by atoms with Crippen LogP contribution >= 0.6 is 0 Å². The predicted molar refractivity (Wildman–Crippen MR) is 85.2 cm³/mol. The number of nitrogens with one attached hydrogen (secondary N) is 2. The second-order valence-electron chi connectivity index (χ2n) is 8.06. The quantitative estimate of drug-likeness (QED) is 0.591. The van der Waals surface area contributed by atoms with Crippen molar-refractivity contribution >= 4 is 11.8 Å². The second-order valence-corrected chi connectivity index (χ2v) is 8.06. The van der Waals surface area contributed by atoms with Crippen LogP contribution in [-0.4, -0.2) is 49.4 Å². The molecule has 124 valence electrons. The third kappa shape index (κ3) is 3.45. The molecule has 0 radical (unpaired) electrons. The Balaban J connectivity index is 1.48. The highest BCUT2D eigenvalue weighted by Crippen LogP contribution is 2.55. The van der Waals surface area contributed by atoms with Crippen molar-refractivity contribution in [2.45, 2.75) is 50.5 Å². The molecule has 22 heavy (non-hydrogen) atoms. The Morgan fingerprint density at radius 2 is 1.55 bits per heavy atom. The van der Waals surface area contributed by atoms with Crippen LogP contribution in [0.5, 0.6) is 0 Å². The van der Waals surface area contributed by atoms with E-state index < -0.39 is 11.8 Å². The molecule has 5 nitrogen and oxygen atoms in total. The van der Waals surface area contributed by atoms with Gasteiger partial charge in [-0.05, 0) is 83.3 Å². The van der Waals surface area contributed by atoms with E-state index in [0.717, 1.165) is 50.0 Å². The molecule has 2 amide bonds. The van der Waals surface area contributed by atoms with E-state index in [0.29, 0.717) is 6.54 Å². The summed E-state index contributed by atoms with van der Waals surface area (Å²) in [7, 11) is 4.00. The van der Waals surface area contributed by atoms with E-state index in [2.05, 4.69) is 15.5 Å². The van der Waals surface area contributed by atoms with Crippen LogP contribution < -0.4 is 10.6 Å². The average molecular weight is 307 g/mol. The van der Waals surface area contributed by atoms with Crippen molar-refractivity contribution in [3.05, 3.63) is 0 Å². The smallest absolute Gasteiger partial charge is 0.309 e. The Morgan fingerprint density at radius 3 is 2.05 bits per heavy atom. The van der Waals surface area contributed by atoms with E-state index in [4.69, 9.17) is 0 Å². The fourth-order valence-electron chi connectivity index (χ4n) is 5.24. The first-order chi connectivity index (χ1) is 10.5. The number of nitrogens with zero attached hydrogens (tertiary/aromatic N) is 1. The van der Waals surface area contributed by atoms with Crippen molar-refractivity contribution in [2.24, 2.45) is 17.8 Å². The molecule has 0 heterocycles. The lowest BCUT2D eigenvalue weighted by atomic mass is 9.53. The fourth-order valence-corrected chi connectivity index (χ4v) is 5.24. The van der Waals surface area contributed by atoms with E-state index in [-0.39, 0.29) is 5.54 Å². The van der Waals surface area contributed by atoms with Crippen molar-refractivity contribution < 1.29 is 9.59 Å². The zero-order chi connectivity index (χ0) is 15.7. The SMILES string of the molecule is CN(C)CCCNC(=O)C(=O)NC12CC3CC(CC(C3)C1)C2. The number of carbonyl (C=O) groups is 2. The van der Waals surface area contributed by atoms with Gasteiger partial charge in [0.25, 0.3) is 0 Å². The highest BCUT2D eigenvalue weighted by Gasteiger charge is 2.51. The molecule has 0 aromatic rings. The minimum Gasteiger partial charge on any atom is -0.348 e. The molecular weight excluding hydrogens is 278 g/mol. The first-order valence-electron chi connectivity index (χ1n) is 8.71. The Bertz CT molecular complexity index is 412. The van der Waals surface area contributed by atoms with Crippen LogP contribution in [0.3, 0.4) is 0 Å². The molecule has 0 saturated heterocycles. The minimum absolute atomic E-state index is 0.0766. The molecular formula is C17H29N3O2. The summed E-state index contributed by atoms with van der Waals surface area (Å²) in [6, 6.07) is 0. The lowest BCUT2D eigenvalue weighted by Crippen LogP contribution is -2.61. The third-order valence-corrected chi connectivity index (χ3v) is 5.69. The molecule has 4 fully saturated rings. The van der Waals surface area contributed by atoms with Crippen LogP contribution in [0.2, 0.25) is 0 Å². The zero-order valence-electron chi connectivity index (χ0n) is 13.9.